The van der Waals surface area contributed by atoms with Crippen molar-refractivity contribution in [1.29, 1.82) is 0 Å². The number of hydrogen-bond acceptors (Lipinski definition) is 6. The number of carboxylic acids is 1. The number of unbranched alkanes of at least 4 members (excludes halogenated alkanes) is 2. The Morgan fingerprint density at radius 3 is 2.69 bits per heavy atom. The number of hydrogen-bond donors (Lipinski definition) is 2. The van der Waals surface area contributed by atoms with Crippen molar-refractivity contribution in [2.45, 2.75) is 52.1 Å². The predicted molar refractivity (Wildman–Crippen MR) is 96.1 cm³/mol. The van der Waals surface area contributed by atoms with Gasteiger partial charge in [-0.05, 0) is 31.4 Å². The quantitative estimate of drug-likeness (QED) is 0.489. The minimum absolute atomic E-state index is 0.0115. The zero-order valence-electron chi connectivity index (χ0n) is 15.0. The van der Waals surface area contributed by atoms with E-state index in [-0.39, 0.29) is 34.3 Å². The van der Waals surface area contributed by atoms with Gasteiger partial charge in [-0.2, -0.15) is 0 Å². The molecule has 1 heterocycles. The van der Waals surface area contributed by atoms with Crippen molar-refractivity contribution in [1.82, 2.24) is 0 Å². The molecule has 0 saturated carbocycles. The molecule has 7 nitrogen and oxygen atoms in total. The topological polar surface area (TPSA) is 106 Å². The molecule has 7 heteroatoms. The highest BCUT2D eigenvalue weighted by atomic mass is 16.5. The van der Waals surface area contributed by atoms with Crippen molar-refractivity contribution in [3.63, 3.8) is 0 Å². The third-order valence-electron chi connectivity index (χ3n) is 4.05. The van der Waals surface area contributed by atoms with Gasteiger partial charge in [-0.1, -0.05) is 32.8 Å². The molecule has 1 aromatic heterocycles. The summed E-state index contributed by atoms with van der Waals surface area (Å²) in [6, 6.07) is 4.58. The van der Waals surface area contributed by atoms with Crippen LogP contribution < -0.4 is 15.1 Å². The molecule has 1 atom stereocenters. The van der Waals surface area contributed by atoms with Gasteiger partial charge < -0.3 is 24.1 Å². The van der Waals surface area contributed by atoms with Gasteiger partial charge in [0.25, 0.3) is 0 Å². The second-order valence-electron chi connectivity index (χ2n) is 6.03. The highest BCUT2D eigenvalue weighted by molar-refractivity contribution is 5.89. The van der Waals surface area contributed by atoms with Crippen LogP contribution in [0.2, 0.25) is 0 Å². The number of para-hydroxylation sites is 1. The summed E-state index contributed by atoms with van der Waals surface area (Å²) in [4.78, 5) is 23.0. The number of carboxylic acid groups (broad SMARTS) is 1. The van der Waals surface area contributed by atoms with Crippen LogP contribution in [-0.4, -0.2) is 28.9 Å². The molecule has 0 aliphatic heterocycles. The second kappa shape index (κ2) is 9.12. The number of carbonyl (C=O) groups is 1. The molecule has 142 valence electrons. The molecule has 0 radical (unpaired) electrons. The van der Waals surface area contributed by atoms with Gasteiger partial charge in [0.1, 0.15) is 0 Å². The highest BCUT2D eigenvalue weighted by Crippen LogP contribution is 2.36. The molecule has 1 aromatic carbocycles. The van der Waals surface area contributed by atoms with Crippen molar-refractivity contribution in [2.75, 3.05) is 6.61 Å². The van der Waals surface area contributed by atoms with Crippen LogP contribution in [0.25, 0.3) is 11.0 Å². The lowest BCUT2D eigenvalue weighted by atomic mass is 10.1. The number of fused-ring (bicyclic) bond motifs is 1. The van der Waals surface area contributed by atoms with Gasteiger partial charge in [-0.25, -0.2) is 9.59 Å². The van der Waals surface area contributed by atoms with E-state index in [0.717, 1.165) is 25.7 Å². The molecule has 2 N–H and O–H groups in total. The smallest absolute Gasteiger partial charge is 0.383 e. The van der Waals surface area contributed by atoms with E-state index in [9.17, 15) is 14.7 Å². The molecule has 0 aliphatic rings. The zero-order chi connectivity index (χ0) is 19.1. The number of benzene rings is 1. The summed E-state index contributed by atoms with van der Waals surface area (Å²) in [6.07, 6.45) is 4.41. The van der Waals surface area contributed by atoms with Gasteiger partial charge in [-0.3, -0.25) is 0 Å². The molecule has 1 unspecified atom stereocenters. The van der Waals surface area contributed by atoms with Gasteiger partial charge in [-0.15, -0.1) is 0 Å². The SMILES string of the molecule is CCCCCC(CC)Oc1c(O)c2cccc(OCC(=O)O)c2oc1=O. The summed E-state index contributed by atoms with van der Waals surface area (Å²) < 4.78 is 16.1. The van der Waals surface area contributed by atoms with E-state index in [2.05, 4.69) is 6.92 Å². The largest absolute Gasteiger partial charge is 0.504 e. The van der Waals surface area contributed by atoms with Crippen molar-refractivity contribution in [2.24, 2.45) is 0 Å². The van der Waals surface area contributed by atoms with Crippen LogP contribution in [0.5, 0.6) is 17.2 Å². The molecule has 0 spiro atoms. The fraction of sp³-hybridized carbons (Fsp3) is 0.474. The van der Waals surface area contributed by atoms with Crippen LogP contribution in [0.3, 0.4) is 0 Å². The average molecular weight is 364 g/mol. The Morgan fingerprint density at radius 2 is 2.04 bits per heavy atom. The number of ether oxygens (including phenoxy) is 2. The standard InChI is InChI=1S/C19H24O7/c1-3-5-6-8-12(4-2)25-18-16(22)13-9-7-10-14(24-11-15(20)21)17(13)26-19(18)23/h7,9-10,12,22H,3-6,8,11H2,1-2H3,(H,20,21). The number of aliphatic carboxylic acids is 1. The van der Waals surface area contributed by atoms with E-state index >= 15 is 0 Å². The van der Waals surface area contributed by atoms with Crippen LogP contribution in [0.15, 0.2) is 27.4 Å². The van der Waals surface area contributed by atoms with Crippen molar-refractivity contribution in [3.05, 3.63) is 28.6 Å². The Bertz CT molecular complexity index is 809. The molecule has 0 aliphatic carbocycles. The first-order valence-corrected chi connectivity index (χ1v) is 8.77. The van der Waals surface area contributed by atoms with Gasteiger partial charge in [0.2, 0.25) is 5.75 Å². The van der Waals surface area contributed by atoms with Crippen LogP contribution in [0, 0.1) is 0 Å². The summed E-state index contributed by atoms with van der Waals surface area (Å²) in [5.41, 5.74) is -0.835. The predicted octanol–water partition coefficient (Wildman–Crippen LogP) is 3.70. The molecule has 2 aromatic rings. The van der Waals surface area contributed by atoms with E-state index in [4.69, 9.17) is 19.0 Å². The van der Waals surface area contributed by atoms with Crippen molar-refractivity contribution >= 4 is 16.9 Å². The maximum atomic E-state index is 12.3. The summed E-state index contributed by atoms with van der Waals surface area (Å²) in [6.45, 7) is 3.47. The van der Waals surface area contributed by atoms with Gasteiger partial charge in [0.15, 0.2) is 23.7 Å². The summed E-state index contributed by atoms with van der Waals surface area (Å²) in [5, 5.41) is 19.4. The van der Waals surface area contributed by atoms with E-state index < -0.39 is 18.2 Å². The van der Waals surface area contributed by atoms with Crippen molar-refractivity contribution < 1.29 is 28.9 Å². The fourth-order valence-electron chi connectivity index (χ4n) is 2.66. The Kier molecular flexibility index (Phi) is 6.89. The van der Waals surface area contributed by atoms with Crippen LogP contribution in [0.4, 0.5) is 0 Å². The second-order valence-corrected chi connectivity index (χ2v) is 6.03. The minimum atomic E-state index is -1.16. The fourth-order valence-corrected chi connectivity index (χ4v) is 2.66. The van der Waals surface area contributed by atoms with Crippen LogP contribution in [-0.2, 0) is 4.79 Å². The first-order valence-electron chi connectivity index (χ1n) is 8.77. The normalized spacial score (nSPS) is 12.1. The van der Waals surface area contributed by atoms with E-state index in [1.807, 2.05) is 6.92 Å². The first kappa shape index (κ1) is 19.6. The van der Waals surface area contributed by atoms with Crippen molar-refractivity contribution in [3.8, 4) is 17.2 Å². The molecule has 2 rings (SSSR count). The maximum Gasteiger partial charge on any atom is 0.383 e. The monoisotopic (exact) mass is 364 g/mol. The lowest BCUT2D eigenvalue weighted by molar-refractivity contribution is -0.139. The molecule has 0 bridgehead atoms. The lowest BCUT2D eigenvalue weighted by Crippen LogP contribution is -2.19. The molecular weight excluding hydrogens is 340 g/mol. The minimum Gasteiger partial charge on any atom is -0.504 e. The Morgan fingerprint density at radius 1 is 1.27 bits per heavy atom. The third-order valence-corrected chi connectivity index (χ3v) is 4.05. The third kappa shape index (κ3) is 4.68. The Balaban J connectivity index is 2.34. The number of rotatable bonds is 10. The van der Waals surface area contributed by atoms with Crippen LogP contribution in [0.1, 0.15) is 46.0 Å². The molecule has 0 fully saturated rings. The Hall–Kier alpha value is -2.70. The molecule has 0 saturated heterocycles. The summed E-state index contributed by atoms with van der Waals surface area (Å²) >= 11 is 0. The average Bonchev–Trinajstić information content (AvgIpc) is 2.62. The van der Waals surface area contributed by atoms with Gasteiger partial charge >= 0.3 is 11.6 Å². The summed E-state index contributed by atoms with van der Waals surface area (Å²) in [5.74, 6) is -1.65. The summed E-state index contributed by atoms with van der Waals surface area (Å²) in [7, 11) is 0. The number of aromatic hydroxyl groups is 1. The molecule has 26 heavy (non-hydrogen) atoms. The van der Waals surface area contributed by atoms with Gasteiger partial charge in [0, 0.05) is 0 Å². The first-order chi connectivity index (χ1) is 12.5. The molecular formula is C19H24O7. The maximum absolute atomic E-state index is 12.3. The van der Waals surface area contributed by atoms with E-state index in [0.29, 0.717) is 6.42 Å². The molecule has 0 amide bonds. The lowest BCUT2D eigenvalue weighted by Gasteiger charge is -2.18. The van der Waals surface area contributed by atoms with E-state index in [1.165, 1.54) is 6.07 Å². The van der Waals surface area contributed by atoms with Gasteiger partial charge in [0.05, 0.1) is 11.5 Å². The highest BCUT2D eigenvalue weighted by Gasteiger charge is 2.21. The van der Waals surface area contributed by atoms with Crippen LogP contribution >= 0.6 is 0 Å². The zero-order valence-corrected chi connectivity index (χ0v) is 15.0. The van der Waals surface area contributed by atoms with E-state index in [1.54, 1.807) is 12.1 Å². The Labute approximate surface area is 151 Å².